The number of carbonyl (C=O) groups excluding carboxylic acids is 2. The van der Waals surface area contributed by atoms with Crippen LogP contribution in [0.5, 0.6) is 0 Å². The first-order valence-electron chi connectivity index (χ1n) is 10.9. The zero-order chi connectivity index (χ0) is 18.4. The second kappa shape index (κ2) is 5.40. The highest BCUT2D eigenvalue weighted by molar-refractivity contribution is 5.84. The monoisotopic (exact) mass is 373 g/mol. The standard InChI is InChI=1S/C21H31N3O3/c1-27-19(26)22-7-5-20(13-22)9-14(10-20)23-11-15-16(12-23)17(15)18(25)24-8-6-21(24)3-2-4-21/h14-17H,2-13H2,1H3. The molecule has 0 radical (unpaired) electrons. The number of hydrogen-bond acceptors (Lipinski definition) is 4. The summed E-state index contributed by atoms with van der Waals surface area (Å²) >= 11 is 0. The first kappa shape index (κ1) is 16.6. The molecule has 0 aromatic heterocycles. The quantitative estimate of drug-likeness (QED) is 0.742. The molecule has 27 heavy (non-hydrogen) atoms. The number of likely N-dealkylation sites (tertiary alicyclic amines) is 3. The molecule has 2 atom stereocenters. The smallest absolute Gasteiger partial charge is 0.409 e. The van der Waals surface area contributed by atoms with Crippen LogP contribution in [-0.2, 0) is 9.53 Å². The predicted molar refractivity (Wildman–Crippen MR) is 99.0 cm³/mol. The Balaban J connectivity index is 1.00. The first-order chi connectivity index (χ1) is 13.0. The number of nitrogens with zero attached hydrogens (tertiary/aromatic N) is 3. The van der Waals surface area contributed by atoms with E-state index in [2.05, 4.69) is 9.80 Å². The van der Waals surface area contributed by atoms with Gasteiger partial charge in [-0.05, 0) is 62.2 Å². The fourth-order valence-electron chi connectivity index (χ4n) is 7.14. The molecule has 6 nitrogen and oxygen atoms in total. The molecule has 6 rings (SSSR count). The Kier molecular flexibility index (Phi) is 3.33. The number of hydrogen-bond donors (Lipinski definition) is 0. The molecule has 3 saturated carbocycles. The van der Waals surface area contributed by atoms with E-state index in [0.717, 1.165) is 39.1 Å². The van der Waals surface area contributed by atoms with E-state index in [4.69, 9.17) is 4.74 Å². The van der Waals surface area contributed by atoms with Gasteiger partial charge in [-0.25, -0.2) is 4.79 Å². The predicted octanol–water partition coefficient (Wildman–Crippen LogP) is 1.94. The van der Waals surface area contributed by atoms with E-state index in [9.17, 15) is 9.59 Å². The molecule has 6 fully saturated rings. The molecular weight excluding hydrogens is 342 g/mol. The molecule has 6 aliphatic rings. The van der Waals surface area contributed by atoms with E-state index in [0.29, 0.717) is 40.7 Å². The molecule has 0 aromatic carbocycles. The summed E-state index contributed by atoms with van der Waals surface area (Å²) < 4.78 is 4.88. The molecule has 6 heteroatoms. The summed E-state index contributed by atoms with van der Waals surface area (Å²) in [4.78, 5) is 31.5. The molecule has 3 saturated heterocycles. The van der Waals surface area contributed by atoms with Gasteiger partial charge in [0.15, 0.2) is 0 Å². The van der Waals surface area contributed by atoms with Gasteiger partial charge < -0.3 is 14.5 Å². The Labute approximate surface area is 161 Å². The van der Waals surface area contributed by atoms with Crippen molar-refractivity contribution in [3.8, 4) is 0 Å². The number of carbonyl (C=O) groups is 2. The summed E-state index contributed by atoms with van der Waals surface area (Å²) in [6, 6.07) is 0.674. The molecule has 0 aromatic rings. The van der Waals surface area contributed by atoms with Gasteiger partial charge in [-0.15, -0.1) is 0 Å². The summed E-state index contributed by atoms with van der Waals surface area (Å²) in [5, 5.41) is 0. The molecule has 3 heterocycles. The topological polar surface area (TPSA) is 53.1 Å². The van der Waals surface area contributed by atoms with Crippen LogP contribution < -0.4 is 0 Å². The number of rotatable bonds is 2. The maximum atomic E-state index is 13.0. The highest BCUT2D eigenvalue weighted by atomic mass is 16.5. The van der Waals surface area contributed by atoms with Crippen LogP contribution in [-0.4, -0.2) is 78.1 Å². The van der Waals surface area contributed by atoms with Crippen LogP contribution in [0.15, 0.2) is 0 Å². The third-order valence-electron chi connectivity index (χ3n) is 9.16. The fourth-order valence-corrected chi connectivity index (χ4v) is 7.14. The van der Waals surface area contributed by atoms with Crippen LogP contribution in [0.1, 0.15) is 44.9 Å². The van der Waals surface area contributed by atoms with Gasteiger partial charge in [0.05, 0.1) is 7.11 Å². The normalized spacial score (nSPS) is 43.9. The fraction of sp³-hybridized carbons (Fsp3) is 0.905. The highest BCUT2D eigenvalue weighted by Crippen LogP contribution is 2.59. The lowest BCUT2D eigenvalue weighted by Gasteiger charge is -2.59. The summed E-state index contributed by atoms with van der Waals surface area (Å²) in [6.45, 7) is 4.99. The van der Waals surface area contributed by atoms with Gasteiger partial charge in [0, 0.05) is 50.2 Å². The largest absolute Gasteiger partial charge is 0.453 e. The van der Waals surface area contributed by atoms with Crippen LogP contribution in [0.2, 0.25) is 0 Å². The zero-order valence-electron chi connectivity index (χ0n) is 16.4. The van der Waals surface area contributed by atoms with Gasteiger partial charge in [-0.3, -0.25) is 9.69 Å². The van der Waals surface area contributed by atoms with Gasteiger partial charge in [0.2, 0.25) is 5.91 Å². The van der Waals surface area contributed by atoms with Crippen LogP contribution in [0, 0.1) is 23.2 Å². The minimum Gasteiger partial charge on any atom is -0.453 e. The lowest BCUT2D eigenvalue weighted by atomic mass is 9.64. The van der Waals surface area contributed by atoms with Crippen molar-refractivity contribution in [3.05, 3.63) is 0 Å². The van der Waals surface area contributed by atoms with Crippen molar-refractivity contribution in [1.29, 1.82) is 0 Å². The van der Waals surface area contributed by atoms with Crippen molar-refractivity contribution in [1.82, 2.24) is 14.7 Å². The van der Waals surface area contributed by atoms with Crippen molar-refractivity contribution in [3.63, 3.8) is 0 Å². The maximum absolute atomic E-state index is 13.0. The van der Waals surface area contributed by atoms with E-state index >= 15 is 0 Å². The number of piperidine rings is 1. The van der Waals surface area contributed by atoms with Crippen molar-refractivity contribution in [2.24, 2.45) is 23.2 Å². The lowest BCUT2D eigenvalue weighted by molar-refractivity contribution is -0.158. The first-order valence-corrected chi connectivity index (χ1v) is 10.9. The molecule has 3 aliphatic carbocycles. The third kappa shape index (κ3) is 2.22. The van der Waals surface area contributed by atoms with Crippen LogP contribution in [0.4, 0.5) is 4.79 Å². The van der Waals surface area contributed by atoms with Crippen molar-refractivity contribution in [2.45, 2.75) is 56.5 Å². The second-order valence-electron chi connectivity index (χ2n) is 10.3. The Morgan fingerprint density at radius 2 is 1.74 bits per heavy atom. The minimum absolute atomic E-state index is 0.172. The van der Waals surface area contributed by atoms with E-state index < -0.39 is 0 Å². The van der Waals surface area contributed by atoms with Crippen molar-refractivity contribution >= 4 is 12.0 Å². The third-order valence-corrected chi connectivity index (χ3v) is 9.16. The summed E-state index contributed by atoms with van der Waals surface area (Å²) in [6.07, 6.45) is 8.44. The molecule has 0 bridgehead atoms. The van der Waals surface area contributed by atoms with Gasteiger partial charge in [0.25, 0.3) is 0 Å². The minimum atomic E-state index is -0.172. The summed E-state index contributed by atoms with van der Waals surface area (Å²) in [5.41, 5.74) is 0.650. The molecular formula is C21H31N3O3. The van der Waals surface area contributed by atoms with Crippen molar-refractivity contribution < 1.29 is 14.3 Å². The second-order valence-corrected chi connectivity index (χ2v) is 10.3. The van der Waals surface area contributed by atoms with E-state index in [1.165, 1.54) is 45.6 Å². The SMILES string of the molecule is COC(=O)N1CCC2(CC(N3CC4C(C3)C4C(=O)N3CCC34CCC4)C2)C1. The number of methoxy groups -OCH3 is 1. The molecule has 2 spiro atoms. The van der Waals surface area contributed by atoms with E-state index in [-0.39, 0.29) is 6.09 Å². The molecule has 2 amide bonds. The van der Waals surface area contributed by atoms with Crippen LogP contribution in [0.25, 0.3) is 0 Å². The number of ether oxygens (including phenoxy) is 1. The Morgan fingerprint density at radius 3 is 2.30 bits per heavy atom. The molecule has 3 aliphatic heterocycles. The lowest BCUT2D eigenvalue weighted by Crippen LogP contribution is -2.66. The molecule has 0 N–H and O–H groups in total. The highest BCUT2D eigenvalue weighted by Gasteiger charge is 2.65. The van der Waals surface area contributed by atoms with Gasteiger partial charge in [0.1, 0.15) is 0 Å². The number of fused-ring (bicyclic) bond motifs is 1. The number of amides is 2. The summed E-state index contributed by atoms with van der Waals surface area (Å²) in [5.74, 6) is 2.09. The summed E-state index contributed by atoms with van der Waals surface area (Å²) in [7, 11) is 1.47. The average molecular weight is 373 g/mol. The van der Waals surface area contributed by atoms with Gasteiger partial charge >= 0.3 is 6.09 Å². The Hall–Kier alpha value is -1.30. The van der Waals surface area contributed by atoms with E-state index in [1.54, 1.807) is 0 Å². The van der Waals surface area contributed by atoms with Crippen molar-refractivity contribution in [2.75, 3.05) is 39.8 Å². The molecule has 2 unspecified atom stereocenters. The van der Waals surface area contributed by atoms with Gasteiger partial charge in [-0.1, -0.05) is 0 Å². The van der Waals surface area contributed by atoms with E-state index in [1.807, 2.05) is 4.90 Å². The average Bonchev–Trinajstić information content (AvgIpc) is 2.94. The Morgan fingerprint density at radius 1 is 1.00 bits per heavy atom. The van der Waals surface area contributed by atoms with Gasteiger partial charge in [-0.2, -0.15) is 0 Å². The Bertz CT molecular complexity index is 667. The maximum Gasteiger partial charge on any atom is 0.409 e. The molecule has 148 valence electrons. The zero-order valence-corrected chi connectivity index (χ0v) is 16.4. The van der Waals surface area contributed by atoms with Crippen LogP contribution in [0.3, 0.4) is 0 Å². The van der Waals surface area contributed by atoms with Crippen LogP contribution >= 0.6 is 0 Å².